The molecule has 0 aliphatic rings. The highest BCUT2D eigenvalue weighted by Gasteiger charge is 2.10. The number of benzene rings is 2. The predicted molar refractivity (Wildman–Crippen MR) is 76.7 cm³/mol. The maximum absolute atomic E-state index is 12.5. The fourth-order valence-electron chi connectivity index (χ4n) is 1.62. The molecule has 0 aliphatic carbocycles. The van der Waals surface area contributed by atoms with E-state index in [-0.39, 0.29) is 0 Å². The Bertz CT molecular complexity index is 781. The quantitative estimate of drug-likeness (QED) is 0.851. The molecule has 100 valence electrons. The van der Waals surface area contributed by atoms with E-state index in [4.69, 9.17) is 5.26 Å². The Labute approximate surface area is 117 Å². The molecule has 0 radical (unpaired) electrons. The zero-order valence-electron chi connectivity index (χ0n) is 10.8. The van der Waals surface area contributed by atoms with Gasteiger partial charge >= 0.3 is 0 Å². The molecule has 2 rings (SSSR count). The second kappa shape index (κ2) is 5.68. The Morgan fingerprint density at radius 1 is 1.10 bits per heavy atom. The smallest absolute Gasteiger partial charge is 0.266 e. The van der Waals surface area contributed by atoms with E-state index in [1.807, 2.05) is 12.1 Å². The minimum absolute atomic E-state index is 0.314. The van der Waals surface area contributed by atoms with Crippen LogP contribution in [0.25, 0.3) is 0 Å². The standard InChI is InChI=1S/C15H12N2O2S/c1-20(19,14-5-3-2-4-6-14)17-15(18)13-9-7-12(11-16)8-10-13/h2-10H,1H3. The van der Waals surface area contributed by atoms with E-state index in [1.54, 1.807) is 24.3 Å². The molecule has 0 fully saturated rings. The topological polar surface area (TPSA) is 70.3 Å². The second-order valence-corrected chi connectivity index (χ2v) is 6.46. The van der Waals surface area contributed by atoms with Gasteiger partial charge in [-0.15, -0.1) is 0 Å². The lowest BCUT2D eigenvalue weighted by atomic mass is 10.1. The highest BCUT2D eigenvalue weighted by molar-refractivity contribution is 7.93. The Morgan fingerprint density at radius 2 is 1.70 bits per heavy atom. The number of nitrogens with zero attached hydrogens (tertiary/aromatic N) is 2. The van der Waals surface area contributed by atoms with E-state index in [9.17, 15) is 9.00 Å². The fourth-order valence-corrected chi connectivity index (χ4v) is 2.81. The maximum atomic E-state index is 12.5. The van der Waals surface area contributed by atoms with Crippen molar-refractivity contribution in [1.82, 2.24) is 0 Å². The molecular formula is C15H12N2O2S. The van der Waals surface area contributed by atoms with Gasteiger partial charge in [-0.25, -0.2) is 4.21 Å². The predicted octanol–water partition coefficient (Wildman–Crippen LogP) is 2.86. The molecule has 0 heterocycles. The molecule has 0 spiro atoms. The van der Waals surface area contributed by atoms with Gasteiger partial charge in [0.2, 0.25) is 0 Å². The normalized spacial score (nSPS) is 13.0. The van der Waals surface area contributed by atoms with Crippen LogP contribution in [-0.4, -0.2) is 16.4 Å². The van der Waals surface area contributed by atoms with E-state index in [1.165, 1.54) is 30.5 Å². The summed E-state index contributed by atoms with van der Waals surface area (Å²) in [6, 6.07) is 16.7. The van der Waals surface area contributed by atoms with Crippen LogP contribution in [0.1, 0.15) is 15.9 Å². The van der Waals surface area contributed by atoms with Gasteiger partial charge in [-0.1, -0.05) is 18.2 Å². The van der Waals surface area contributed by atoms with Crippen LogP contribution in [0.5, 0.6) is 0 Å². The Hall–Kier alpha value is -2.45. The van der Waals surface area contributed by atoms with Crippen molar-refractivity contribution in [3.05, 3.63) is 65.7 Å². The average Bonchev–Trinajstić information content (AvgIpc) is 2.48. The van der Waals surface area contributed by atoms with Gasteiger partial charge in [0.1, 0.15) is 0 Å². The van der Waals surface area contributed by atoms with Crippen molar-refractivity contribution in [2.24, 2.45) is 4.36 Å². The molecule has 0 aliphatic heterocycles. The van der Waals surface area contributed by atoms with Gasteiger partial charge < -0.3 is 0 Å². The highest BCUT2D eigenvalue weighted by atomic mass is 32.2. The van der Waals surface area contributed by atoms with E-state index in [0.29, 0.717) is 16.0 Å². The van der Waals surface area contributed by atoms with Crippen molar-refractivity contribution in [3.8, 4) is 6.07 Å². The zero-order valence-corrected chi connectivity index (χ0v) is 11.6. The Balaban J connectivity index is 2.37. The van der Waals surface area contributed by atoms with E-state index >= 15 is 0 Å². The molecule has 1 amide bonds. The van der Waals surface area contributed by atoms with Crippen molar-refractivity contribution >= 4 is 15.6 Å². The van der Waals surface area contributed by atoms with Crippen molar-refractivity contribution in [1.29, 1.82) is 5.26 Å². The Kier molecular flexibility index (Phi) is 3.97. The molecule has 1 atom stereocenters. The minimum atomic E-state index is -2.76. The molecule has 1 unspecified atom stereocenters. The summed E-state index contributed by atoms with van der Waals surface area (Å²) in [4.78, 5) is 12.5. The van der Waals surface area contributed by atoms with Crippen molar-refractivity contribution in [3.63, 3.8) is 0 Å². The van der Waals surface area contributed by atoms with E-state index in [0.717, 1.165) is 0 Å². The van der Waals surface area contributed by atoms with Crippen LogP contribution >= 0.6 is 0 Å². The van der Waals surface area contributed by atoms with Crippen LogP contribution in [0.2, 0.25) is 0 Å². The van der Waals surface area contributed by atoms with Crippen LogP contribution in [0.3, 0.4) is 0 Å². The molecule has 0 aromatic heterocycles. The van der Waals surface area contributed by atoms with E-state index < -0.39 is 15.6 Å². The largest absolute Gasteiger partial charge is 0.285 e. The molecule has 0 N–H and O–H groups in total. The summed E-state index contributed by atoms with van der Waals surface area (Å²) in [5.74, 6) is -0.550. The number of amides is 1. The Morgan fingerprint density at radius 3 is 2.25 bits per heavy atom. The first-order chi connectivity index (χ1) is 9.53. The first-order valence-electron chi connectivity index (χ1n) is 5.85. The van der Waals surface area contributed by atoms with Crippen LogP contribution in [-0.2, 0) is 9.73 Å². The summed E-state index contributed by atoms with van der Waals surface area (Å²) in [6.07, 6.45) is 1.43. The molecule has 20 heavy (non-hydrogen) atoms. The van der Waals surface area contributed by atoms with Crippen molar-refractivity contribution in [2.45, 2.75) is 4.90 Å². The zero-order chi connectivity index (χ0) is 14.6. The van der Waals surface area contributed by atoms with Gasteiger partial charge in [0, 0.05) is 16.7 Å². The van der Waals surface area contributed by atoms with E-state index in [2.05, 4.69) is 4.36 Å². The average molecular weight is 284 g/mol. The third-order valence-corrected chi connectivity index (χ3v) is 4.36. The van der Waals surface area contributed by atoms with Gasteiger partial charge in [-0.2, -0.15) is 9.62 Å². The van der Waals surface area contributed by atoms with Crippen LogP contribution in [0.4, 0.5) is 0 Å². The number of carbonyl (C=O) groups excluding carboxylic acids is 1. The number of rotatable bonds is 2. The van der Waals surface area contributed by atoms with Crippen molar-refractivity contribution < 1.29 is 9.00 Å². The van der Waals surface area contributed by atoms with Gasteiger partial charge in [0.25, 0.3) is 5.91 Å². The van der Waals surface area contributed by atoms with Gasteiger partial charge in [-0.05, 0) is 36.4 Å². The lowest BCUT2D eigenvalue weighted by Gasteiger charge is -2.03. The lowest BCUT2D eigenvalue weighted by Crippen LogP contribution is -2.03. The number of hydrogen-bond donors (Lipinski definition) is 0. The SMILES string of the molecule is CS(=O)(=NC(=O)c1ccc(C#N)cc1)c1ccccc1. The van der Waals surface area contributed by atoms with Gasteiger partial charge in [0.15, 0.2) is 0 Å². The molecule has 2 aromatic carbocycles. The summed E-state index contributed by atoms with van der Waals surface area (Å²) in [5, 5.41) is 8.70. The molecule has 0 saturated carbocycles. The third-order valence-electron chi connectivity index (χ3n) is 2.70. The molecule has 0 bridgehead atoms. The summed E-state index contributed by atoms with van der Waals surface area (Å²) in [6.45, 7) is 0. The molecule has 2 aromatic rings. The first-order valence-corrected chi connectivity index (χ1v) is 7.77. The highest BCUT2D eigenvalue weighted by Crippen LogP contribution is 2.13. The minimum Gasteiger partial charge on any atom is -0.266 e. The molecule has 5 heteroatoms. The molecule has 4 nitrogen and oxygen atoms in total. The van der Waals surface area contributed by atoms with Gasteiger partial charge in [-0.3, -0.25) is 4.79 Å². The number of carbonyl (C=O) groups is 1. The van der Waals surface area contributed by atoms with Crippen LogP contribution in [0.15, 0.2) is 63.9 Å². The lowest BCUT2D eigenvalue weighted by molar-refractivity contribution is 0.100. The third kappa shape index (κ3) is 3.11. The number of hydrogen-bond acceptors (Lipinski definition) is 3. The summed E-state index contributed by atoms with van der Waals surface area (Å²) in [5.41, 5.74) is 0.774. The first kappa shape index (κ1) is 14.0. The number of nitriles is 1. The fraction of sp³-hybridized carbons (Fsp3) is 0.0667. The second-order valence-electron chi connectivity index (χ2n) is 4.20. The van der Waals surface area contributed by atoms with Gasteiger partial charge in [0.05, 0.1) is 21.4 Å². The maximum Gasteiger partial charge on any atom is 0.285 e. The summed E-state index contributed by atoms with van der Waals surface area (Å²) >= 11 is 0. The van der Waals surface area contributed by atoms with Crippen molar-refractivity contribution in [2.75, 3.05) is 6.26 Å². The van der Waals surface area contributed by atoms with Crippen LogP contribution in [0, 0.1) is 11.3 Å². The molecular weight excluding hydrogens is 272 g/mol. The molecule has 0 saturated heterocycles. The monoisotopic (exact) mass is 284 g/mol. The van der Waals surface area contributed by atoms with Crippen LogP contribution < -0.4 is 0 Å². The summed E-state index contributed by atoms with van der Waals surface area (Å²) in [7, 11) is -2.76. The summed E-state index contributed by atoms with van der Waals surface area (Å²) < 4.78 is 16.3.